The van der Waals surface area contributed by atoms with Crippen LogP contribution in [0.4, 0.5) is 0 Å². The van der Waals surface area contributed by atoms with Crippen LogP contribution in [0.5, 0.6) is 11.6 Å². The van der Waals surface area contributed by atoms with Gasteiger partial charge in [0.25, 0.3) is 0 Å². The van der Waals surface area contributed by atoms with Gasteiger partial charge in [0.2, 0.25) is 5.88 Å². The predicted molar refractivity (Wildman–Crippen MR) is 72.7 cm³/mol. The predicted octanol–water partition coefficient (Wildman–Crippen LogP) is 3.83. The highest BCUT2D eigenvalue weighted by molar-refractivity contribution is 9.08. The van der Waals surface area contributed by atoms with Gasteiger partial charge in [-0.3, -0.25) is 0 Å². The maximum absolute atomic E-state index is 8.60. The number of aromatic nitrogens is 1. The number of pyridine rings is 1. The van der Waals surface area contributed by atoms with Crippen molar-refractivity contribution in [1.82, 2.24) is 4.98 Å². The SMILES string of the molecule is N#CCc1ccc(Oc2ncccc2CBr)cc1. The summed E-state index contributed by atoms with van der Waals surface area (Å²) in [6, 6.07) is 13.4. The van der Waals surface area contributed by atoms with Gasteiger partial charge in [-0.05, 0) is 23.8 Å². The van der Waals surface area contributed by atoms with Gasteiger partial charge in [-0.2, -0.15) is 5.26 Å². The molecule has 3 nitrogen and oxygen atoms in total. The second-order valence-corrected chi connectivity index (χ2v) is 4.24. The molecule has 0 atom stereocenters. The minimum absolute atomic E-state index is 0.413. The van der Waals surface area contributed by atoms with Crippen LogP contribution in [0.1, 0.15) is 11.1 Å². The van der Waals surface area contributed by atoms with Gasteiger partial charge in [0.15, 0.2) is 0 Å². The summed E-state index contributed by atoms with van der Waals surface area (Å²) >= 11 is 3.40. The van der Waals surface area contributed by atoms with Crippen molar-refractivity contribution in [3.8, 4) is 17.7 Å². The molecule has 0 aliphatic rings. The summed E-state index contributed by atoms with van der Waals surface area (Å²) in [4.78, 5) is 4.20. The van der Waals surface area contributed by atoms with Crippen LogP contribution in [0, 0.1) is 11.3 Å². The first kappa shape index (κ1) is 12.6. The fourth-order valence-corrected chi connectivity index (χ4v) is 1.92. The summed E-state index contributed by atoms with van der Waals surface area (Å²) in [6.45, 7) is 0. The van der Waals surface area contributed by atoms with Crippen LogP contribution >= 0.6 is 15.9 Å². The number of nitriles is 1. The van der Waals surface area contributed by atoms with Crippen molar-refractivity contribution in [3.05, 3.63) is 53.7 Å². The Hall–Kier alpha value is -1.86. The molecule has 0 unspecified atom stereocenters. The molecular formula is C14H11BrN2O. The van der Waals surface area contributed by atoms with Gasteiger partial charge < -0.3 is 4.74 Å². The van der Waals surface area contributed by atoms with Gasteiger partial charge in [-0.25, -0.2) is 4.98 Å². The van der Waals surface area contributed by atoms with Crippen LogP contribution in [0.15, 0.2) is 42.6 Å². The lowest BCUT2D eigenvalue weighted by molar-refractivity contribution is 0.458. The zero-order valence-corrected chi connectivity index (χ0v) is 11.2. The van der Waals surface area contributed by atoms with Crippen molar-refractivity contribution in [1.29, 1.82) is 5.26 Å². The highest BCUT2D eigenvalue weighted by Crippen LogP contribution is 2.24. The Morgan fingerprint density at radius 2 is 2.00 bits per heavy atom. The van der Waals surface area contributed by atoms with Crippen molar-refractivity contribution in [2.24, 2.45) is 0 Å². The standard InChI is InChI=1S/C14H11BrN2O/c15-10-12-2-1-9-17-14(12)18-13-5-3-11(4-6-13)7-8-16/h1-6,9H,7,10H2. The lowest BCUT2D eigenvalue weighted by Crippen LogP contribution is -1.92. The van der Waals surface area contributed by atoms with Crippen molar-refractivity contribution in [2.75, 3.05) is 0 Å². The van der Waals surface area contributed by atoms with Crippen molar-refractivity contribution >= 4 is 15.9 Å². The third kappa shape index (κ3) is 3.08. The van der Waals surface area contributed by atoms with E-state index in [2.05, 4.69) is 27.0 Å². The minimum atomic E-state index is 0.413. The maximum Gasteiger partial charge on any atom is 0.223 e. The normalized spacial score (nSPS) is 9.78. The maximum atomic E-state index is 8.60. The largest absolute Gasteiger partial charge is 0.439 e. The first-order valence-corrected chi connectivity index (χ1v) is 6.59. The molecule has 0 N–H and O–H groups in total. The number of alkyl halides is 1. The van der Waals surface area contributed by atoms with Crippen molar-refractivity contribution in [3.63, 3.8) is 0 Å². The van der Waals surface area contributed by atoms with Crippen molar-refractivity contribution in [2.45, 2.75) is 11.8 Å². The molecule has 2 rings (SSSR count). The van der Waals surface area contributed by atoms with E-state index in [9.17, 15) is 0 Å². The molecule has 1 aromatic carbocycles. The topological polar surface area (TPSA) is 45.9 Å². The fourth-order valence-electron chi connectivity index (χ4n) is 1.50. The van der Waals surface area contributed by atoms with Crippen LogP contribution in [0.25, 0.3) is 0 Å². The van der Waals surface area contributed by atoms with E-state index >= 15 is 0 Å². The first-order chi connectivity index (χ1) is 8.83. The molecule has 0 aliphatic carbocycles. The molecule has 1 heterocycles. The van der Waals surface area contributed by atoms with Crippen molar-refractivity contribution < 1.29 is 4.74 Å². The Bertz CT molecular complexity index is 561. The first-order valence-electron chi connectivity index (χ1n) is 5.47. The molecule has 0 radical (unpaired) electrons. The molecule has 18 heavy (non-hydrogen) atoms. The van der Waals surface area contributed by atoms with Gasteiger partial charge in [0.05, 0.1) is 12.5 Å². The zero-order chi connectivity index (χ0) is 12.8. The molecule has 0 amide bonds. The Morgan fingerprint density at radius 3 is 2.67 bits per heavy atom. The smallest absolute Gasteiger partial charge is 0.223 e. The number of hydrogen-bond acceptors (Lipinski definition) is 3. The van der Waals surface area contributed by atoms with Crippen LogP contribution in [-0.2, 0) is 11.8 Å². The van der Waals surface area contributed by atoms with E-state index in [-0.39, 0.29) is 0 Å². The number of benzene rings is 1. The summed E-state index contributed by atoms with van der Waals surface area (Å²) in [5, 5.41) is 9.29. The van der Waals surface area contributed by atoms with E-state index in [1.807, 2.05) is 36.4 Å². The monoisotopic (exact) mass is 302 g/mol. The Kier molecular flexibility index (Phi) is 4.32. The lowest BCUT2D eigenvalue weighted by atomic mass is 10.2. The molecule has 0 bridgehead atoms. The number of rotatable bonds is 4. The number of halogens is 1. The molecule has 4 heteroatoms. The van der Waals surface area contributed by atoms with Crippen LogP contribution in [-0.4, -0.2) is 4.98 Å². The van der Waals surface area contributed by atoms with E-state index in [4.69, 9.17) is 10.00 Å². The van der Waals surface area contributed by atoms with E-state index < -0.39 is 0 Å². The molecule has 0 fully saturated rings. The molecule has 90 valence electrons. The highest BCUT2D eigenvalue weighted by atomic mass is 79.9. The third-order valence-electron chi connectivity index (χ3n) is 2.41. The van der Waals surface area contributed by atoms with Gasteiger partial charge in [0.1, 0.15) is 5.75 Å². The molecule has 0 saturated heterocycles. The van der Waals surface area contributed by atoms with E-state index in [1.165, 1.54) is 0 Å². The van der Waals surface area contributed by atoms with Crippen LogP contribution in [0.3, 0.4) is 0 Å². The molecule has 1 aromatic heterocycles. The molecule has 0 aliphatic heterocycles. The second-order valence-electron chi connectivity index (χ2n) is 3.68. The molecule has 0 saturated carbocycles. The Balaban J connectivity index is 2.16. The average Bonchev–Trinajstić information content (AvgIpc) is 2.42. The summed E-state index contributed by atoms with van der Waals surface area (Å²) in [6.07, 6.45) is 2.11. The van der Waals surface area contributed by atoms with E-state index in [0.717, 1.165) is 16.9 Å². The quantitative estimate of drug-likeness (QED) is 0.806. The van der Waals surface area contributed by atoms with E-state index in [1.54, 1.807) is 6.20 Å². The zero-order valence-electron chi connectivity index (χ0n) is 9.64. The van der Waals surface area contributed by atoms with Gasteiger partial charge >= 0.3 is 0 Å². The summed E-state index contributed by atoms with van der Waals surface area (Å²) in [5.41, 5.74) is 1.98. The number of hydrogen-bond donors (Lipinski definition) is 0. The van der Waals surface area contributed by atoms with Crippen LogP contribution < -0.4 is 4.74 Å². The Labute approximate surface area is 114 Å². The summed E-state index contributed by atoms with van der Waals surface area (Å²) < 4.78 is 5.71. The minimum Gasteiger partial charge on any atom is -0.439 e. The average molecular weight is 303 g/mol. The Morgan fingerprint density at radius 1 is 1.22 bits per heavy atom. The fraction of sp³-hybridized carbons (Fsp3) is 0.143. The van der Waals surface area contributed by atoms with Gasteiger partial charge in [-0.1, -0.05) is 34.1 Å². The van der Waals surface area contributed by atoms with Gasteiger partial charge in [0, 0.05) is 17.1 Å². The number of ether oxygens (including phenoxy) is 1. The highest BCUT2D eigenvalue weighted by Gasteiger charge is 2.04. The molecular weight excluding hydrogens is 292 g/mol. The second kappa shape index (κ2) is 6.18. The number of nitrogens with zero attached hydrogens (tertiary/aromatic N) is 2. The molecule has 0 spiro atoms. The third-order valence-corrected chi connectivity index (χ3v) is 3.02. The summed E-state index contributed by atoms with van der Waals surface area (Å²) in [5.74, 6) is 1.32. The van der Waals surface area contributed by atoms with Crippen LogP contribution in [0.2, 0.25) is 0 Å². The molecule has 2 aromatic rings. The van der Waals surface area contributed by atoms with E-state index in [0.29, 0.717) is 17.6 Å². The lowest BCUT2D eigenvalue weighted by Gasteiger charge is -2.08. The summed E-state index contributed by atoms with van der Waals surface area (Å²) in [7, 11) is 0. The van der Waals surface area contributed by atoms with Gasteiger partial charge in [-0.15, -0.1) is 0 Å².